The first kappa shape index (κ1) is 19.9. The monoisotopic (exact) mass is 407 g/mol. The summed E-state index contributed by atoms with van der Waals surface area (Å²) in [7, 11) is 0. The van der Waals surface area contributed by atoms with Gasteiger partial charge in [0.2, 0.25) is 5.91 Å². The van der Waals surface area contributed by atoms with Crippen LogP contribution in [0.4, 0.5) is 5.69 Å². The smallest absolute Gasteiger partial charge is 0.232 e. The van der Waals surface area contributed by atoms with Crippen molar-refractivity contribution >= 4 is 29.0 Å². The predicted molar refractivity (Wildman–Crippen MR) is 117 cm³/mol. The fourth-order valence-corrected chi connectivity index (χ4v) is 4.83. The van der Waals surface area contributed by atoms with E-state index < -0.39 is 0 Å². The van der Waals surface area contributed by atoms with Crippen molar-refractivity contribution in [1.82, 2.24) is 0 Å². The standard InChI is InChI=1S/C25H26ClNO2/c1-4-16-7-5-6-8-20(16)27-21-14-25(2,3)15-22(28)24(21)19(13-23(27)29)17-9-11-18(26)12-10-17/h5-12,19H,4,13-15H2,1-3H3. The van der Waals surface area contributed by atoms with Gasteiger partial charge in [0, 0.05) is 35.1 Å². The van der Waals surface area contributed by atoms with Gasteiger partial charge < -0.3 is 0 Å². The van der Waals surface area contributed by atoms with Gasteiger partial charge in [-0.1, -0.05) is 62.7 Å². The number of allylic oxidation sites excluding steroid dienone is 2. The second-order valence-corrected chi connectivity index (χ2v) is 9.26. The molecule has 0 saturated carbocycles. The molecule has 0 fully saturated rings. The van der Waals surface area contributed by atoms with Crippen LogP contribution in [0.3, 0.4) is 0 Å². The number of para-hydroxylation sites is 1. The second-order valence-electron chi connectivity index (χ2n) is 8.82. The van der Waals surface area contributed by atoms with E-state index in [1.165, 1.54) is 0 Å². The van der Waals surface area contributed by atoms with Crippen molar-refractivity contribution in [1.29, 1.82) is 0 Å². The lowest BCUT2D eigenvalue weighted by Crippen LogP contribution is -2.44. The van der Waals surface area contributed by atoms with Crippen LogP contribution in [0.25, 0.3) is 0 Å². The molecule has 0 saturated heterocycles. The van der Waals surface area contributed by atoms with Gasteiger partial charge in [0.25, 0.3) is 0 Å². The molecule has 150 valence electrons. The molecule has 4 rings (SSSR count). The number of Topliss-reactive ketones (excluding diaryl/α,β-unsaturated/α-hetero) is 1. The lowest BCUT2D eigenvalue weighted by Gasteiger charge is -2.43. The van der Waals surface area contributed by atoms with Gasteiger partial charge in [-0.25, -0.2) is 0 Å². The van der Waals surface area contributed by atoms with Crippen molar-refractivity contribution in [2.75, 3.05) is 4.90 Å². The lowest BCUT2D eigenvalue weighted by atomic mass is 9.69. The van der Waals surface area contributed by atoms with Crippen LogP contribution in [0.15, 0.2) is 59.8 Å². The third-order valence-electron chi connectivity index (χ3n) is 6.03. The molecule has 0 spiro atoms. The molecule has 4 heteroatoms. The summed E-state index contributed by atoms with van der Waals surface area (Å²) in [5.74, 6) is 0.00110. The molecule has 3 nitrogen and oxygen atoms in total. The van der Waals surface area contributed by atoms with Crippen molar-refractivity contribution in [3.05, 3.63) is 76.0 Å². The summed E-state index contributed by atoms with van der Waals surface area (Å²) in [6, 6.07) is 15.6. The van der Waals surface area contributed by atoms with Gasteiger partial charge in [-0.15, -0.1) is 0 Å². The fraction of sp³-hybridized carbons (Fsp3) is 0.360. The number of anilines is 1. The summed E-state index contributed by atoms with van der Waals surface area (Å²) >= 11 is 6.07. The fourth-order valence-electron chi connectivity index (χ4n) is 4.70. The van der Waals surface area contributed by atoms with Gasteiger partial charge in [-0.2, -0.15) is 0 Å². The van der Waals surface area contributed by atoms with Crippen LogP contribution in [0.2, 0.25) is 5.02 Å². The van der Waals surface area contributed by atoms with Crippen molar-refractivity contribution in [3.8, 4) is 0 Å². The average Bonchev–Trinajstić information content (AvgIpc) is 2.67. The molecular formula is C25H26ClNO2. The largest absolute Gasteiger partial charge is 0.294 e. The molecule has 0 aromatic heterocycles. The van der Waals surface area contributed by atoms with E-state index in [-0.39, 0.29) is 23.0 Å². The van der Waals surface area contributed by atoms with Crippen LogP contribution in [-0.4, -0.2) is 11.7 Å². The Labute approximate surface area is 177 Å². The first-order valence-corrected chi connectivity index (χ1v) is 10.6. The van der Waals surface area contributed by atoms with E-state index in [9.17, 15) is 9.59 Å². The number of hydrogen-bond acceptors (Lipinski definition) is 2. The quantitative estimate of drug-likeness (QED) is 0.619. The molecule has 2 aliphatic rings. The number of amides is 1. The molecule has 1 aliphatic heterocycles. The van der Waals surface area contributed by atoms with Crippen LogP contribution in [0.5, 0.6) is 0 Å². The van der Waals surface area contributed by atoms with Gasteiger partial charge in [0.15, 0.2) is 5.78 Å². The van der Waals surface area contributed by atoms with Crippen molar-refractivity contribution in [3.63, 3.8) is 0 Å². The Hall–Kier alpha value is -2.39. The summed E-state index contributed by atoms with van der Waals surface area (Å²) in [5.41, 5.74) is 4.52. The minimum Gasteiger partial charge on any atom is -0.294 e. The van der Waals surface area contributed by atoms with Gasteiger partial charge >= 0.3 is 0 Å². The Morgan fingerprint density at radius 3 is 2.41 bits per heavy atom. The molecule has 29 heavy (non-hydrogen) atoms. The van der Waals surface area contributed by atoms with Crippen LogP contribution in [0, 0.1) is 5.41 Å². The lowest BCUT2D eigenvalue weighted by molar-refractivity contribution is -0.121. The maximum absolute atomic E-state index is 13.4. The Balaban J connectivity index is 1.91. The first-order valence-electron chi connectivity index (χ1n) is 10.2. The molecule has 1 unspecified atom stereocenters. The van der Waals surface area contributed by atoms with Crippen LogP contribution >= 0.6 is 11.6 Å². The Kier molecular flexibility index (Phi) is 5.12. The molecule has 0 bridgehead atoms. The minimum absolute atomic E-state index is 0.0510. The molecule has 1 amide bonds. The average molecular weight is 408 g/mol. The van der Waals surface area contributed by atoms with E-state index in [1.807, 2.05) is 47.4 Å². The van der Waals surface area contributed by atoms with Crippen LogP contribution < -0.4 is 4.90 Å². The van der Waals surface area contributed by atoms with Gasteiger partial charge in [-0.05, 0) is 47.6 Å². The summed E-state index contributed by atoms with van der Waals surface area (Å²) in [5, 5.41) is 0.652. The summed E-state index contributed by atoms with van der Waals surface area (Å²) in [4.78, 5) is 28.6. The van der Waals surface area contributed by atoms with E-state index in [2.05, 4.69) is 26.8 Å². The van der Waals surface area contributed by atoms with E-state index in [0.717, 1.165) is 34.5 Å². The maximum Gasteiger partial charge on any atom is 0.232 e. The number of carbonyl (C=O) groups is 2. The Morgan fingerprint density at radius 1 is 1.03 bits per heavy atom. The van der Waals surface area contributed by atoms with Crippen LogP contribution in [-0.2, 0) is 16.0 Å². The molecule has 1 heterocycles. The summed E-state index contributed by atoms with van der Waals surface area (Å²) in [6.07, 6.45) is 2.35. The predicted octanol–water partition coefficient (Wildman–Crippen LogP) is 6.07. The first-order chi connectivity index (χ1) is 13.8. The van der Waals surface area contributed by atoms with E-state index in [1.54, 1.807) is 0 Å². The highest BCUT2D eigenvalue weighted by molar-refractivity contribution is 6.30. The molecule has 0 N–H and O–H groups in total. The van der Waals surface area contributed by atoms with E-state index in [4.69, 9.17) is 11.6 Å². The van der Waals surface area contributed by atoms with Crippen molar-refractivity contribution in [2.24, 2.45) is 5.41 Å². The molecule has 2 aromatic carbocycles. The highest BCUT2D eigenvalue weighted by Gasteiger charge is 2.44. The van der Waals surface area contributed by atoms with Gasteiger partial charge in [0.1, 0.15) is 0 Å². The van der Waals surface area contributed by atoms with E-state index in [0.29, 0.717) is 24.3 Å². The number of carbonyl (C=O) groups excluding carboxylic acids is 2. The number of ketones is 1. The van der Waals surface area contributed by atoms with Gasteiger partial charge in [0.05, 0.1) is 5.69 Å². The highest BCUT2D eigenvalue weighted by Crippen LogP contribution is 2.48. The zero-order chi connectivity index (χ0) is 20.8. The third-order valence-corrected chi connectivity index (χ3v) is 6.28. The zero-order valence-electron chi connectivity index (χ0n) is 17.2. The number of benzene rings is 2. The number of nitrogens with zero attached hydrogens (tertiary/aromatic N) is 1. The maximum atomic E-state index is 13.4. The summed E-state index contributed by atoms with van der Waals surface area (Å²) in [6.45, 7) is 6.30. The van der Waals surface area contributed by atoms with E-state index >= 15 is 0 Å². The van der Waals surface area contributed by atoms with Crippen molar-refractivity contribution < 1.29 is 9.59 Å². The zero-order valence-corrected chi connectivity index (χ0v) is 17.9. The molecule has 0 radical (unpaired) electrons. The van der Waals surface area contributed by atoms with Crippen molar-refractivity contribution in [2.45, 2.75) is 52.4 Å². The Bertz CT molecular complexity index is 1000. The third kappa shape index (κ3) is 3.64. The number of halogens is 1. The highest BCUT2D eigenvalue weighted by atomic mass is 35.5. The molecular weight excluding hydrogens is 382 g/mol. The SMILES string of the molecule is CCc1ccccc1N1C(=O)CC(c2ccc(Cl)cc2)C2=C1CC(C)(C)CC2=O. The number of aryl methyl sites for hydroxylation is 1. The minimum atomic E-state index is -0.205. The second kappa shape index (κ2) is 7.46. The van der Waals surface area contributed by atoms with Gasteiger partial charge in [-0.3, -0.25) is 14.5 Å². The summed E-state index contributed by atoms with van der Waals surface area (Å²) < 4.78 is 0. The number of rotatable bonds is 3. The Morgan fingerprint density at radius 2 is 1.72 bits per heavy atom. The molecule has 1 atom stereocenters. The topological polar surface area (TPSA) is 37.4 Å². The molecule has 1 aliphatic carbocycles. The molecule has 2 aromatic rings. The van der Waals surface area contributed by atoms with Crippen LogP contribution in [0.1, 0.15) is 57.1 Å². The number of hydrogen-bond donors (Lipinski definition) is 0. The normalized spacial score (nSPS) is 21.4.